The third kappa shape index (κ3) is 3.25. The lowest BCUT2D eigenvalue weighted by atomic mass is 10.0. The Balaban J connectivity index is 1.76. The van der Waals surface area contributed by atoms with Gasteiger partial charge >= 0.3 is 6.03 Å². The number of carbonyl (C=O) groups excluding carboxylic acids is 1. The number of urea groups is 1. The van der Waals surface area contributed by atoms with Crippen molar-refractivity contribution in [3.8, 4) is 22.5 Å². The summed E-state index contributed by atoms with van der Waals surface area (Å²) in [6.07, 6.45) is 0. The zero-order chi connectivity index (χ0) is 18.6. The normalized spacial score (nSPS) is 10.5. The topological polar surface area (TPSA) is 101 Å². The minimum atomic E-state index is -0.595. The van der Waals surface area contributed by atoms with Crippen LogP contribution in [0.25, 0.3) is 22.5 Å². The van der Waals surface area contributed by atoms with Crippen LogP contribution in [0.15, 0.2) is 78.9 Å². The summed E-state index contributed by atoms with van der Waals surface area (Å²) in [6.45, 7) is 0. The van der Waals surface area contributed by atoms with Gasteiger partial charge in [-0.1, -0.05) is 54.6 Å². The number of benzene rings is 3. The number of rotatable bonds is 4. The molecule has 3 N–H and O–H groups in total. The second-order valence-corrected chi connectivity index (χ2v) is 5.85. The van der Waals surface area contributed by atoms with Crippen LogP contribution in [0, 0.1) is 0 Å². The molecule has 0 aliphatic heterocycles. The average molecular weight is 356 g/mol. The maximum absolute atomic E-state index is 12.3. The third-order valence-corrected chi connectivity index (χ3v) is 4.20. The van der Waals surface area contributed by atoms with E-state index in [2.05, 4.69) is 20.6 Å². The Labute approximate surface area is 155 Å². The van der Waals surface area contributed by atoms with Gasteiger partial charge in [0.2, 0.25) is 0 Å². The molecule has 0 radical (unpaired) electrons. The van der Waals surface area contributed by atoms with Gasteiger partial charge in [0.05, 0.1) is 11.4 Å². The second-order valence-electron chi connectivity index (χ2n) is 5.85. The van der Waals surface area contributed by atoms with Crippen LogP contribution < -0.4 is 10.6 Å². The van der Waals surface area contributed by atoms with Crippen LogP contribution in [-0.2, 0) is 0 Å². The molecule has 3 aromatic carbocycles. The van der Waals surface area contributed by atoms with Crippen molar-refractivity contribution in [2.75, 3.05) is 4.90 Å². The molecule has 7 heteroatoms. The Morgan fingerprint density at radius 1 is 0.852 bits per heavy atom. The summed E-state index contributed by atoms with van der Waals surface area (Å²) in [7, 11) is 0. The Kier molecular flexibility index (Phi) is 4.32. The number of nitrogens with zero attached hydrogens (tertiary/aromatic N) is 4. The van der Waals surface area contributed by atoms with E-state index >= 15 is 0 Å². The van der Waals surface area contributed by atoms with Crippen molar-refractivity contribution < 1.29 is 4.79 Å². The van der Waals surface area contributed by atoms with Crippen molar-refractivity contribution in [2.45, 2.75) is 0 Å². The van der Waals surface area contributed by atoms with Gasteiger partial charge in [0.1, 0.15) is 0 Å². The molecular weight excluding hydrogens is 340 g/mol. The third-order valence-electron chi connectivity index (χ3n) is 4.20. The molecular formula is C20H16N6O. The summed E-state index contributed by atoms with van der Waals surface area (Å²) in [4.78, 5) is 13.7. The number of hydrogen-bond acceptors (Lipinski definition) is 4. The number of nitrogens with two attached hydrogens (primary N) is 1. The number of H-pyrrole nitrogens is 1. The highest BCUT2D eigenvalue weighted by atomic mass is 16.2. The molecule has 0 saturated carbocycles. The first-order valence-electron chi connectivity index (χ1n) is 8.32. The maximum Gasteiger partial charge on any atom is 0.323 e. The molecule has 1 heterocycles. The number of nitrogens with one attached hydrogen (secondary N) is 1. The molecule has 0 saturated heterocycles. The minimum Gasteiger partial charge on any atom is -0.351 e. The zero-order valence-corrected chi connectivity index (χ0v) is 14.3. The van der Waals surface area contributed by atoms with Crippen LogP contribution in [0.5, 0.6) is 0 Å². The van der Waals surface area contributed by atoms with Gasteiger partial charge in [0.25, 0.3) is 0 Å². The standard InChI is InChI=1S/C20H16N6O/c21-20(27)26(18-9-5-4-8-17(18)19-22-24-25-23-19)16-12-10-15(11-13-16)14-6-2-1-3-7-14/h1-13H,(H2,21,27)(H,22,23,24,25). The van der Waals surface area contributed by atoms with Gasteiger partial charge in [-0.2, -0.15) is 0 Å². The van der Waals surface area contributed by atoms with Gasteiger partial charge in [-0.3, -0.25) is 4.90 Å². The monoisotopic (exact) mass is 356 g/mol. The first-order chi connectivity index (χ1) is 13.2. The van der Waals surface area contributed by atoms with Crippen molar-refractivity contribution in [1.82, 2.24) is 20.6 Å². The average Bonchev–Trinajstić information content (AvgIpc) is 3.24. The van der Waals surface area contributed by atoms with E-state index in [9.17, 15) is 4.79 Å². The summed E-state index contributed by atoms with van der Waals surface area (Å²) in [5.41, 5.74) is 9.77. The van der Waals surface area contributed by atoms with Crippen LogP contribution in [-0.4, -0.2) is 26.7 Å². The van der Waals surface area contributed by atoms with E-state index in [0.717, 1.165) is 11.1 Å². The summed E-state index contributed by atoms with van der Waals surface area (Å²) >= 11 is 0. The molecule has 0 bridgehead atoms. The van der Waals surface area contributed by atoms with E-state index in [1.807, 2.05) is 72.8 Å². The fraction of sp³-hybridized carbons (Fsp3) is 0. The van der Waals surface area contributed by atoms with E-state index in [-0.39, 0.29) is 0 Å². The predicted molar refractivity (Wildman–Crippen MR) is 103 cm³/mol. The van der Waals surface area contributed by atoms with Crippen molar-refractivity contribution >= 4 is 17.4 Å². The Bertz CT molecular complexity index is 1050. The van der Waals surface area contributed by atoms with Gasteiger partial charge in [-0.05, 0) is 45.8 Å². The lowest BCUT2D eigenvalue weighted by Gasteiger charge is -2.23. The molecule has 0 aliphatic carbocycles. The fourth-order valence-corrected chi connectivity index (χ4v) is 2.96. The van der Waals surface area contributed by atoms with Crippen LogP contribution in [0.2, 0.25) is 0 Å². The van der Waals surface area contributed by atoms with E-state index in [0.29, 0.717) is 22.8 Å². The van der Waals surface area contributed by atoms with Crippen LogP contribution >= 0.6 is 0 Å². The first kappa shape index (κ1) is 16.5. The number of amides is 2. The number of primary amides is 1. The van der Waals surface area contributed by atoms with E-state index in [1.54, 1.807) is 6.07 Å². The molecule has 2 amide bonds. The summed E-state index contributed by atoms with van der Waals surface area (Å²) in [6, 6.07) is 24.4. The molecule has 4 aromatic rings. The number of aromatic amines is 1. The lowest BCUT2D eigenvalue weighted by Crippen LogP contribution is -2.31. The fourth-order valence-electron chi connectivity index (χ4n) is 2.96. The van der Waals surface area contributed by atoms with E-state index < -0.39 is 6.03 Å². The number of carbonyl (C=O) groups is 1. The Hall–Kier alpha value is -4.00. The summed E-state index contributed by atoms with van der Waals surface area (Å²) in [5.74, 6) is 0.456. The molecule has 132 valence electrons. The molecule has 0 atom stereocenters. The number of tetrazole rings is 1. The molecule has 0 spiro atoms. The SMILES string of the molecule is NC(=O)N(c1ccc(-c2ccccc2)cc1)c1ccccc1-c1nnn[nH]1. The number of aromatic nitrogens is 4. The molecule has 0 unspecified atom stereocenters. The zero-order valence-electron chi connectivity index (χ0n) is 14.3. The largest absolute Gasteiger partial charge is 0.351 e. The van der Waals surface area contributed by atoms with Crippen LogP contribution in [0.4, 0.5) is 16.2 Å². The van der Waals surface area contributed by atoms with Crippen molar-refractivity contribution in [1.29, 1.82) is 0 Å². The summed E-state index contributed by atoms with van der Waals surface area (Å²) in [5, 5.41) is 13.9. The van der Waals surface area contributed by atoms with Gasteiger partial charge in [0.15, 0.2) is 5.82 Å². The smallest absolute Gasteiger partial charge is 0.323 e. The van der Waals surface area contributed by atoms with E-state index in [4.69, 9.17) is 5.73 Å². The molecule has 0 fully saturated rings. The van der Waals surface area contributed by atoms with Gasteiger partial charge < -0.3 is 5.73 Å². The quantitative estimate of drug-likeness (QED) is 0.581. The molecule has 7 nitrogen and oxygen atoms in total. The second kappa shape index (κ2) is 7.09. The number of para-hydroxylation sites is 1. The summed E-state index contributed by atoms with van der Waals surface area (Å²) < 4.78 is 0. The van der Waals surface area contributed by atoms with Gasteiger partial charge in [-0.15, -0.1) is 5.10 Å². The van der Waals surface area contributed by atoms with Gasteiger partial charge in [0, 0.05) is 5.56 Å². The highest BCUT2D eigenvalue weighted by Gasteiger charge is 2.20. The van der Waals surface area contributed by atoms with Crippen molar-refractivity contribution in [3.63, 3.8) is 0 Å². The first-order valence-corrected chi connectivity index (χ1v) is 8.32. The number of anilines is 2. The van der Waals surface area contributed by atoms with Crippen molar-refractivity contribution in [2.24, 2.45) is 5.73 Å². The Morgan fingerprint density at radius 2 is 1.52 bits per heavy atom. The Morgan fingerprint density at radius 3 is 2.19 bits per heavy atom. The molecule has 0 aliphatic rings. The minimum absolute atomic E-state index is 0.456. The van der Waals surface area contributed by atoms with Crippen LogP contribution in [0.1, 0.15) is 0 Å². The lowest BCUT2D eigenvalue weighted by molar-refractivity contribution is 0.256. The number of hydrogen-bond donors (Lipinski definition) is 2. The van der Waals surface area contributed by atoms with Gasteiger partial charge in [-0.25, -0.2) is 9.89 Å². The van der Waals surface area contributed by atoms with Crippen LogP contribution in [0.3, 0.4) is 0 Å². The highest BCUT2D eigenvalue weighted by molar-refractivity contribution is 6.02. The highest BCUT2D eigenvalue weighted by Crippen LogP contribution is 2.34. The maximum atomic E-state index is 12.3. The van der Waals surface area contributed by atoms with Crippen molar-refractivity contribution in [3.05, 3.63) is 78.9 Å². The molecule has 4 rings (SSSR count). The molecule has 1 aromatic heterocycles. The predicted octanol–water partition coefficient (Wildman–Crippen LogP) is 3.75. The van der Waals surface area contributed by atoms with E-state index in [1.165, 1.54) is 4.90 Å². The molecule has 27 heavy (non-hydrogen) atoms.